The molecule has 2 N–H and O–H groups in total. The Kier molecular flexibility index (Phi) is 5.03. The van der Waals surface area contributed by atoms with Crippen molar-refractivity contribution < 1.29 is 9.53 Å². The van der Waals surface area contributed by atoms with E-state index in [1.807, 2.05) is 55.5 Å². The van der Waals surface area contributed by atoms with Crippen molar-refractivity contribution in [3.05, 3.63) is 59.9 Å². The van der Waals surface area contributed by atoms with Gasteiger partial charge >= 0.3 is 0 Å². The summed E-state index contributed by atoms with van der Waals surface area (Å²) in [5.41, 5.74) is 3.02. The predicted octanol–water partition coefficient (Wildman–Crippen LogP) is 3.76. The molecule has 0 fully saturated rings. The first kappa shape index (κ1) is 17.0. The maximum absolute atomic E-state index is 12.3. The third-order valence-electron chi connectivity index (χ3n) is 4.08. The van der Waals surface area contributed by atoms with Crippen molar-refractivity contribution in [2.24, 2.45) is 5.92 Å². The molecule has 0 bridgehead atoms. The van der Waals surface area contributed by atoms with Gasteiger partial charge in [-0.25, -0.2) is 4.98 Å². The summed E-state index contributed by atoms with van der Waals surface area (Å²) in [5.74, 6) is 1.48. The van der Waals surface area contributed by atoms with E-state index in [1.54, 1.807) is 0 Å². The van der Waals surface area contributed by atoms with Crippen molar-refractivity contribution in [2.45, 2.75) is 26.8 Å². The highest BCUT2D eigenvalue weighted by Gasteiger charge is 2.22. The van der Waals surface area contributed by atoms with Gasteiger partial charge < -0.3 is 15.0 Å². The van der Waals surface area contributed by atoms with Crippen molar-refractivity contribution in [3.63, 3.8) is 0 Å². The summed E-state index contributed by atoms with van der Waals surface area (Å²) in [6.45, 7) is 6.10. The molecule has 2 aromatic carbocycles. The van der Waals surface area contributed by atoms with Crippen molar-refractivity contribution in [1.82, 2.24) is 15.3 Å². The lowest BCUT2D eigenvalue weighted by Gasteiger charge is -2.20. The van der Waals surface area contributed by atoms with Crippen LogP contribution in [0.1, 0.15) is 31.3 Å². The second-order valence-corrected chi connectivity index (χ2v) is 6.53. The Morgan fingerprint density at radius 1 is 1.16 bits per heavy atom. The molecule has 5 nitrogen and oxygen atoms in total. The molecule has 0 saturated carbocycles. The first-order valence-corrected chi connectivity index (χ1v) is 8.46. The number of hydrogen-bond acceptors (Lipinski definition) is 3. The van der Waals surface area contributed by atoms with Gasteiger partial charge in [0.05, 0.1) is 17.1 Å². The topological polar surface area (TPSA) is 67.0 Å². The second-order valence-electron chi connectivity index (χ2n) is 6.53. The number of ether oxygens (including phenoxy) is 1. The Morgan fingerprint density at radius 2 is 1.88 bits per heavy atom. The molecular weight excluding hydrogens is 314 g/mol. The fourth-order valence-electron chi connectivity index (χ4n) is 2.67. The Morgan fingerprint density at radius 3 is 2.56 bits per heavy atom. The van der Waals surface area contributed by atoms with Crippen LogP contribution in [0.15, 0.2) is 48.5 Å². The molecule has 0 aliphatic rings. The summed E-state index contributed by atoms with van der Waals surface area (Å²) in [7, 11) is 0. The Balaban J connectivity index is 1.66. The first-order chi connectivity index (χ1) is 12.0. The quantitative estimate of drug-likeness (QED) is 0.719. The molecule has 0 spiro atoms. The normalized spacial score (nSPS) is 12.3. The fourth-order valence-corrected chi connectivity index (χ4v) is 2.67. The van der Waals surface area contributed by atoms with Crippen LogP contribution in [-0.2, 0) is 4.79 Å². The number of aromatic amines is 1. The fraction of sp³-hybridized carbons (Fsp3) is 0.300. The van der Waals surface area contributed by atoms with Crippen molar-refractivity contribution >= 4 is 16.9 Å². The number of nitrogens with zero attached hydrogens (tertiary/aromatic N) is 1. The molecule has 1 unspecified atom stereocenters. The zero-order valence-corrected chi connectivity index (χ0v) is 14.7. The van der Waals surface area contributed by atoms with Crippen LogP contribution in [0, 0.1) is 12.8 Å². The molecular formula is C20H23N3O2. The predicted molar refractivity (Wildman–Crippen MR) is 98.5 cm³/mol. The van der Waals surface area contributed by atoms with E-state index in [1.165, 1.54) is 0 Å². The van der Waals surface area contributed by atoms with Crippen LogP contribution in [0.5, 0.6) is 5.75 Å². The van der Waals surface area contributed by atoms with E-state index in [-0.39, 0.29) is 24.5 Å². The number of aromatic nitrogens is 2. The molecule has 1 aromatic heterocycles. The average Bonchev–Trinajstić information content (AvgIpc) is 3.02. The molecule has 130 valence electrons. The summed E-state index contributed by atoms with van der Waals surface area (Å²) >= 11 is 0. The highest BCUT2D eigenvalue weighted by atomic mass is 16.5. The minimum Gasteiger partial charge on any atom is -0.484 e. The number of hydrogen-bond donors (Lipinski definition) is 2. The number of benzene rings is 2. The Hall–Kier alpha value is -2.82. The van der Waals surface area contributed by atoms with Crippen LogP contribution in [-0.4, -0.2) is 22.5 Å². The third-order valence-corrected chi connectivity index (χ3v) is 4.08. The van der Waals surface area contributed by atoms with Gasteiger partial charge in [0.15, 0.2) is 6.61 Å². The standard InChI is InChI=1S/C20H23N3O2/c1-13(2)19(20-21-16-6-4-5-7-17(16)22-20)23-18(24)12-25-15-10-8-14(3)9-11-15/h4-11,13,19H,12H2,1-3H3,(H,21,22)(H,23,24). The number of aryl methyl sites for hydroxylation is 1. The van der Waals surface area contributed by atoms with E-state index in [2.05, 4.69) is 29.1 Å². The number of fused-ring (bicyclic) bond motifs is 1. The van der Waals surface area contributed by atoms with Gasteiger partial charge in [-0.1, -0.05) is 43.7 Å². The number of nitrogens with one attached hydrogen (secondary N) is 2. The van der Waals surface area contributed by atoms with E-state index in [0.29, 0.717) is 5.75 Å². The molecule has 3 rings (SSSR count). The van der Waals surface area contributed by atoms with E-state index in [0.717, 1.165) is 22.4 Å². The number of amides is 1. The average molecular weight is 337 g/mol. The SMILES string of the molecule is Cc1ccc(OCC(=O)NC(c2nc3ccccc3[nH]2)C(C)C)cc1. The molecule has 0 radical (unpaired) electrons. The van der Waals surface area contributed by atoms with Gasteiger partial charge in [0.25, 0.3) is 5.91 Å². The zero-order chi connectivity index (χ0) is 17.8. The number of carbonyl (C=O) groups is 1. The van der Waals surface area contributed by atoms with Gasteiger partial charge in [0.2, 0.25) is 0 Å². The lowest BCUT2D eigenvalue weighted by molar-refractivity contribution is -0.124. The number of para-hydroxylation sites is 2. The van der Waals surface area contributed by atoms with Crippen LogP contribution < -0.4 is 10.1 Å². The van der Waals surface area contributed by atoms with Gasteiger partial charge in [0.1, 0.15) is 11.6 Å². The summed E-state index contributed by atoms with van der Waals surface area (Å²) in [5, 5.41) is 3.02. The maximum Gasteiger partial charge on any atom is 0.258 e. The Labute approximate surface area is 147 Å². The van der Waals surface area contributed by atoms with Crippen LogP contribution in [0.2, 0.25) is 0 Å². The summed E-state index contributed by atoms with van der Waals surface area (Å²) in [6.07, 6.45) is 0. The highest BCUT2D eigenvalue weighted by Crippen LogP contribution is 2.22. The molecule has 1 atom stereocenters. The Bertz CT molecular complexity index is 820. The minimum atomic E-state index is -0.193. The third kappa shape index (κ3) is 4.18. The van der Waals surface area contributed by atoms with Crippen LogP contribution in [0.25, 0.3) is 11.0 Å². The maximum atomic E-state index is 12.3. The monoisotopic (exact) mass is 337 g/mol. The van der Waals surface area contributed by atoms with Gasteiger partial charge in [-0.15, -0.1) is 0 Å². The summed E-state index contributed by atoms with van der Waals surface area (Å²) in [4.78, 5) is 20.2. The zero-order valence-electron chi connectivity index (χ0n) is 14.7. The van der Waals surface area contributed by atoms with E-state index >= 15 is 0 Å². The number of H-pyrrole nitrogens is 1. The van der Waals surface area contributed by atoms with Crippen molar-refractivity contribution in [1.29, 1.82) is 0 Å². The van der Waals surface area contributed by atoms with Crippen LogP contribution in [0.4, 0.5) is 0 Å². The lowest BCUT2D eigenvalue weighted by atomic mass is 10.0. The molecule has 5 heteroatoms. The van der Waals surface area contributed by atoms with Crippen molar-refractivity contribution in [3.8, 4) is 5.75 Å². The minimum absolute atomic E-state index is 0.0213. The summed E-state index contributed by atoms with van der Waals surface area (Å²) < 4.78 is 5.56. The smallest absolute Gasteiger partial charge is 0.258 e. The van der Waals surface area contributed by atoms with E-state index in [4.69, 9.17) is 4.74 Å². The molecule has 25 heavy (non-hydrogen) atoms. The highest BCUT2D eigenvalue weighted by molar-refractivity contribution is 5.78. The largest absolute Gasteiger partial charge is 0.484 e. The van der Waals surface area contributed by atoms with E-state index in [9.17, 15) is 4.79 Å². The van der Waals surface area contributed by atoms with Gasteiger partial charge in [0, 0.05) is 0 Å². The lowest BCUT2D eigenvalue weighted by Crippen LogP contribution is -2.35. The number of imidazole rings is 1. The van der Waals surface area contributed by atoms with Gasteiger partial charge in [-0.05, 0) is 37.1 Å². The van der Waals surface area contributed by atoms with Gasteiger partial charge in [-0.3, -0.25) is 4.79 Å². The van der Waals surface area contributed by atoms with Crippen molar-refractivity contribution in [2.75, 3.05) is 6.61 Å². The molecule has 1 heterocycles. The van der Waals surface area contributed by atoms with Crippen LogP contribution in [0.3, 0.4) is 0 Å². The van der Waals surface area contributed by atoms with E-state index < -0.39 is 0 Å². The number of carbonyl (C=O) groups excluding carboxylic acids is 1. The molecule has 1 amide bonds. The first-order valence-electron chi connectivity index (χ1n) is 8.46. The molecule has 0 aliphatic heterocycles. The van der Waals surface area contributed by atoms with Gasteiger partial charge in [-0.2, -0.15) is 0 Å². The molecule has 3 aromatic rings. The summed E-state index contributed by atoms with van der Waals surface area (Å²) in [6, 6.07) is 15.3. The molecule has 0 aliphatic carbocycles. The number of rotatable bonds is 6. The van der Waals surface area contributed by atoms with Crippen LogP contribution >= 0.6 is 0 Å². The second kappa shape index (κ2) is 7.38. The molecule has 0 saturated heterocycles.